The van der Waals surface area contributed by atoms with Crippen molar-refractivity contribution >= 4 is 12.4 Å². The van der Waals surface area contributed by atoms with Gasteiger partial charge in [0.1, 0.15) is 0 Å². The van der Waals surface area contributed by atoms with Crippen LogP contribution < -0.4 is 6.15 Å². The molecule has 10 heavy (non-hydrogen) atoms. The van der Waals surface area contributed by atoms with Crippen molar-refractivity contribution in [1.82, 2.24) is 11.1 Å². The molecule has 1 fully saturated rings. The van der Waals surface area contributed by atoms with Gasteiger partial charge in [0.2, 0.25) is 0 Å². The van der Waals surface area contributed by atoms with Crippen molar-refractivity contribution < 1.29 is 0 Å². The quantitative estimate of drug-likeness (QED) is 0.682. The van der Waals surface area contributed by atoms with Gasteiger partial charge in [0, 0.05) is 6.04 Å². The average molecular weight is 167 g/mol. The third kappa shape index (κ3) is 2.45. The molecule has 1 heterocycles. The second-order valence-corrected chi connectivity index (χ2v) is 2.48. The van der Waals surface area contributed by atoms with Crippen LogP contribution in [0.5, 0.6) is 0 Å². The highest BCUT2D eigenvalue weighted by atomic mass is 35.5. The number of hydrogen-bond donors (Lipinski definition) is 1. The van der Waals surface area contributed by atoms with Crippen LogP contribution >= 0.6 is 12.4 Å². The summed E-state index contributed by atoms with van der Waals surface area (Å²) >= 11 is 0. The summed E-state index contributed by atoms with van der Waals surface area (Å²) in [7, 11) is 0. The van der Waals surface area contributed by atoms with Crippen LogP contribution in [-0.2, 0) is 0 Å². The molecule has 0 amide bonds. The van der Waals surface area contributed by atoms with Gasteiger partial charge in [0.05, 0.1) is 0 Å². The van der Waals surface area contributed by atoms with Crippen molar-refractivity contribution in [2.75, 3.05) is 13.1 Å². The van der Waals surface area contributed by atoms with E-state index in [0.29, 0.717) is 0 Å². The Hall–Kier alpha value is 0.210. The predicted octanol–water partition coefficient (Wildman–Crippen LogP) is 2.07. The van der Waals surface area contributed by atoms with E-state index < -0.39 is 0 Å². The molecule has 1 aliphatic heterocycles. The topological polar surface area (TPSA) is 38.2 Å². The molecule has 0 aliphatic carbocycles. The van der Waals surface area contributed by atoms with Gasteiger partial charge in [-0.05, 0) is 25.9 Å². The zero-order valence-corrected chi connectivity index (χ0v) is 7.78. The molecule has 0 spiro atoms. The molecular formula is C7H19ClN2. The number of likely N-dealkylation sites (tertiary alicyclic amines) is 1. The van der Waals surface area contributed by atoms with Gasteiger partial charge < -0.3 is 11.1 Å². The van der Waals surface area contributed by atoms with Gasteiger partial charge in [0.25, 0.3) is 0 Å². The minimum absolute atomic E-state index is 0. The third-order valence-electron chi connectivity index (χ3n) is 2.14. The van der Waals surface area contributed by atoms with E-state index >= 15 is 0 Å². The van der Waals surface area contributed by atoms with Gasteiger partial charge in [-0.1, -0.05) is 13.8 Å². The van der Waals surface area contributed by atoms with Gasteiger partial charge in [-0.25, -0.2) is 0 Å². The van der Waals surface area contributed by atoms with Crippen molar-refractivity contribution in [2.24, 2.45) is 0 Å². The van der Waals surface area contributed by atoms with Crippen molar-refractivity contribution in [3.63, 3.8) is 0 Å². The van der Waals surface area contributed by atoms with E-state index in [0.717, 1.165) is 6.04 Å². The van der Waals surface area contributed by atoms with Crippen molar-refractivity contribution in [2.45, 2.75) is 32.7 Å². The van der Waals surface area contributed by atoms with Crippen LogP contribution in [0.2, 0.25) is 0 Å². The standard InChI is InChI=1S/C7H15N.ClH.H3N/c1-3-7-5-6-8(7)4-2;;/h7H,3-6H2,1-2H3;1H;1H3. The minimum atomic E-state index is 0. The fraction of sp³-hybridized carbons (Fsp3) is 1.00. The van der Waals surface area contributed by atoms with Gasteiger partial charge in [0.15, 0.2) is 0 Å². The molecule has 64 valence electrons. The van der Waals surface area contributed by atoms with Crippen LogP contribution in [0.1, 0.15) is 26.7 Å². The molecular weight excluding hydrogens is 148 g/mol. The Kier molecular flexibility index (Phi) is 7.65. The highest BCUT2D eigenvalue weighted by Gasteiger charge is 2.23. The van der Waals surface area contributed by atoms with Crippen molar-refractivity contribution in [3.05, 3.63) is 0 Å². The molecule has 0 saturated carbocycles. The lowest BCUT2D eigenvalue weighted by Gasteiger charge is -2.39. The average Bonchev–Trinajstić information content (AvgIpc) is 1.66. The first-order valence-electron chi connectivity index (χ1n) is 3.62. The zero-order chi connectivity index (χ0) is 5.98. The zero-order valence-electron chi connectivity index (χ0n) is 6.97. The molecule has 3 heteroatoms. The normalized spacial score (nSPS) is 24.0. The molecule has 0 aromatic rings. The van der Waals surface area contributed by atoms with Crippen LogP contribution in [-0.4, -0.2) is 24.0 Å². The van der Waals surface area contributed by atoms with E-state index in [9.17, 15) is 0 Å². The van der Waals surface area contributed by atoms with Crippen LogP contribution in [0, 0.1) is 0 Å². The second-order valence-electron chi connectivity index (χ2n) is 2.48. The number of nitrogens with zero attached hydrogens (tertiary/aromatic N) is 1. The van der Waals surface area contributed by atoms with Gasteiger partial charge >= 0.3 is 0 Å². The summed E-state index contributed by atoms with van der Waals surface area (Å²) in [5, 5.41) is 0. The molecule has 1 aliphatic rings. The van der Waals surface area contributed by atoms with Gasteiger partial charge in [-0.15, -0.1) is 12.4 Å². The lowest BCUT2D eigenvalue weighted by Crippen LogP contribution is -2.46. The first kappa shape index (κ1) is 12.8. The second kappa shape index (κ2) is 5.96. The van der Waals surface area contributed by atoms with E-state index in [4.69, 9.17) is 0 Å². The highest BCUT2D eigenvalue weighted by molar-refractivity contribution is 5.85. The Bertz CT molecular complexity index is 64.0. The van der Waals surface area contributed by atoms with Crippen LogP contribution in [0.25, 0.3) is 0 Å². The maximum atomic E-state index is 2.53. The molecule has 0 radical (unpaired) electrons. The maximum Gasteiger partial charge on any atom is 0.0105 e. The smallest absolute Gasteiger partial charge is 0.0105 e. The van der Waals surface area contributed by atoms with Crippen LogP contribution in [0.15, 0.2) is 0 Å². The molecule has 0 aromatic heterocycles. The lowest BCUT2D eigenvalue weighted by atomic mass is 10.0. The summed E-state index contributed by atoms with van der Waals surface area (Å²) in [5.41, 5.74) is 0. The molecule has 1 saturated heterocycles. The van der Waals surface area contributed by atoms with E-state index in [1.165, 1.54) is 25.9 Å². The number of rotatable bonds is 2. The van der Waals surface area contributed by atoms with Crippen molar-refractivity contribution in [1.29, 1.82) is 0 Å². The fourth-order valence-corrected chi connectivity index (χ4v) is 1.37. The summed E-state index contributed by atoms with van der Waals surface area (Å²) in [6.07, 6.45) is 2.78. The molecule has 0 bridgehead atoms. The van der Waals surface area contributed by atoms with E-state index in [1.54, 1.807) is 0 Å². The largest absolute Gasteiger partial charge is 0.344 e. The Morgan fingerprint density at radius 1 is 1.40 bits per heavy atom. The van der Waals surface area contributed by atoms with Gasteiger partial charge in [-0.3, -0.25) is 0 Å². The number of halogens is 1. The van der Waals surface area contributed by atoms with E-state index in [2.05, 4.69) is 18.7 Å². The van der Waals surface area contributed by atoms with E-state index in [-0.39, 0.29) is 18.6 Å². The monoisotopic (exact) mass is 166 g/mol. The SMILES string of the molecule is CCC1CCN1CC.Cl.N. The predicted molar refractivity (Wildman–Crippen MR) is 48.2 cm³/mol. The van der Waals surface area contributed by atoms with Crippen LogP contribution in [0.3, 0.4) is 0 Å². The molecule has 2 nitrogen and oxygen atoms in total. The van der Waals surface area contributed by atoms with Crippen LogP contribution in [0.4, 0.5) is 0 Å². The first-order chi connectivity index (χ1) is 3.88. The Morgan fingerprint density at radius 2 is 2.00 bits per heavy atom. The Balaban J connectivity index is 0. The number of hydrogen-bond acceptors (Lipinski definition) is 2. The molecule has 3 N–H and O–H groups in total. The summed E-state index contributed by atoms with van der Waals surface area (Å²) in [6.45, 7) is 7.10. The fourth-order valence-electron chi connectivity index (χ4n) is 1.37. The molecule has 0 aromatic carbocycles. The highest BCUT2D eigenvalue weighted by Crippen LogP contribution is 2.18. The Labute approximate surface area is 70.0 Å². The lowest BCUT2D eigenvalue weighted by molar-refractivity contribution is 0.0950. The minimum Gasteiger partial charge on any atom is -0.344 e. The first-order valence-corrected chi connectivity index (χ1v) is 3.62. The maximum absolute atomic E-state index is 2.53. The molecule has 1 unspecified atom stereocenters. The Morgan fingerprint density at radius 3 is 2.10 bits per heavy atom. The molecule has 1 atom stereocenters. The summed E-state index contributed by atoms with van der Waals surface area (Å²) < 4.78 is 0. The van der Waals surface area contributed by atoms with Crippen molar-refractivity contribution in [3.8, 4) is 0 Å². The summed E-state index contributed by atoms with van der Waals surface area (Å²) in [6, 6.07) is 0.931. The third-order valence-corrected chi connectivity index (χ3v) is 2.14. The molecule has 1 rings (SSSR count). The summed E-state index contributed by atoms with van der Waals surface area (Å²) in [4.78, 5) is 2.53. The van der Waals surface area contributed by atoms with E-state index in [1.807, 2.05) is 0 Å². The van der Waals surface area contributed by atoms with Gasteiger partial charge in [-0.2, -0.15) is 0 Å². The summed E-state index contributed by atoms with van der Waals surface area (Å²) in [5.74, 6) is 0.